The Morgan fingerprint density at radius 3 is 2.35 bits per heavy atom. The number of ketones is 1. The predicted molar refractivity (Wildman–Crippen MR) is 117 cm³/mol. The van der Waals surface area contributed by atoms with Crippen LogP contribution in [0.15, 0.2) is 0 Å². The molecule has 180 valence electrons. The first-order valence-electron chi connectivity index (χ1n) is 11.5. The topological polar surface area (TPSA) is 114 Å². The lowest BCUT2D eigenvalue weighted by molar-refractivity contribution is -0.144. The van der Waals surface area contributed by atoms with Crippen LogP contribution in [0.3, 0.4) is 0 Å². The number of cyclic esters (lactones) is 1. The van der Waals surface area contributed by atoms with Crippen LogP contribution < -0.4 is 0 Å². The summed E-state index contributed by atoms with van der Waals surface area (Å²) in [5, 5.41) is 30.2. The second-order valence-corrected chi connectivity index (χ2v) is 9.20. The number of nitrogens with zero attached hydrogens (tertiary/aromatic N) is 3. The molecule has 0 radical (unpaired) electrons. The molecule has 0 aliphatic carbocycles. The van der Waals surface area contributed by atoms with Gasteiger partial charge in [0.2, 0.25) is 0 Å². The van der Waals surface area contributed by atoms with Gasteiger partial charge in [0, 0.05) is 25.7 Å². The number of hydrogen-bond donors (Lipinski definition) is 3. The number of hydrogen-bond acceptors (Lipinski definition) is 9. The van der Waals surface area contributed by atoms with Crippen molar-refractivity contribution < 1.29 is 29.6 Å². The predicted octanol–water partition coefficient (Wildman–Crippen LogP) is -0.811. The smallest absolute Gasteiger partial charge is 0.320 e. The van der Waals surface area contributed by atoms with Gasteiger partial charge < -0.3 is 20.1 Å². The number of carbonyl (C=O) groups is 2. The Labute approximate surface area is 185 Å². The van der Waals surface area contributed by atoms with E-state index in [1.165, 1.54) is 0 Å². The van der Waals surface area contributed by atoms with Crippen LogP contribution >= 0.6 is 0 Å². The Hall–Kier alpha value is -1.10. The van der Waals surface area contributed by atoms with Crippen molar-refractivity contribution in [3.63, 3.8) is 0 Å². The van der Waals surface area contributed by atoms with Crippen LogP contribution in [0.1, 0.15) is 32.1 Å². The largest absolute Gasteiger partial charge is 0.465 e. The average molecular weight is 444 g/mol. The molecule has 2 aliphatic rings. The van der Waals surface area contributed by atoms with Crippen molar-refractivity contribution in [3.8, 4) is 0 Å². The third-order valence-corrected chi connectivity index (χ3v) is 6.82. The molecule has 0 aromatic rings. The third kappa shape index (κ3) is 8.75. The van der Waals surface area contributed by atoms with E-state index in [4.69, 9.17) is 4.74 Å². The van der Waals surface area contributed by atoms with E-state index < -0.39 is 6.10 Å². The summed E-state index contributed by atoms with van der Waals surface area (Å²) >= 11 is 0. The zero-order valence-corrected chi connectivity index (χ0v) is 19.1. The van der Waals surface area contributed by atoms with E-state index >= 15 is 0 Å². The lowest BCUT2D eigenvalue weighted by atomic mass is 9.92. The highest BCUT2D eigenvalue weighted by molar-refractivity contribution is 5.84. The molecule has 2 aliphatic heterocycles. The molecule has 9 nitrogen and oxygen atoms in total. The van der Waals surface area contributed by atoms with Gasteiger partial charge in [0.25, 0.3) is 0 Å². The van der Waals surface area contributed by atoms with E-state index in [1.807, 2.05) is 23.9 Å². The molecule has 0 aromatic heterocycles. The van der Waals surface area contributed by atoms with Gasteiger partial charge in [-0.1, -0.05) is 0 Å². The molecule has 2 fully saturated rings. The van der Waals surface area contributed by atoms with E-state index in [1.54, 1.807) is 0 Å². The summed E-state index contributed by atoms with van der Waals surface area (Å²) in [5.41, 5.74) is 0. The summed E-state index contributed by atoms with van der Waals surface area (Å²) in [5.74, 6) is -0.280. The third-order valence-electron chi connectivity index (χ3n) is 6.82. The summed E-state index contributed by atoms with van der Waals surface area (Å²) in [6.07, 6.45) is 2.32. The number of Topliss-reactive ketones (excluding diaryl/α,β-unsaturated/α-hetero) is 1. The Bertz CT molecular complexity index is 563. The standard InChI is InChI=1S/C22H41N3O6/c1-23-8-5-17-6-9-25(14-22(30)31-12-7-17)11-10-24(2)19(16-27)18(15-26)3-4-20(28)21(29)13-23/h17-20,26-28H,3-16H2,1-2H3/t17-,18+,19+,20+/m1/s1. The molecular formula is C22H41N3O6. The van der Waals surface area contributed by atoms with Crippen molar-refractivity contribution >= 4 is 11.8 Å². The van der Waals surface area contributed by atoms with E-state index in [0.29, 0.717) is 32.0 Å². The first-order chi connectivity index (χ1) is 14.8. The minimum absolute atomic E-state index is 0.126. The Balaban J connectivity index is 2.16. The molecule has 2 bridgehead atoms. The van der Waals surface area contributed by atoms with Gasteiger partial charge in [0.15, 0.2) is 5.78 Å². The van der Waals surface area contributed by atoms with E-state index in [9.17, 15) is 24.9 Å². The van der Waals surface area contributed by atoms with Crippen LogP contribution in [0.25, 0.3) is 0 Å². The molecule has 31 heavy (non-hydrogen) atoms. The van der Waals surface area contributed by atoms with Gasteiger partial charge in [-0.15, -0.1) is 0 Å². The Kier molecular flexibility index (Phi) is 11.3. The monoisotopic (exact) mass is 443 g/mol. The number of rotatable bonds is 2. The van der Waals surface area contributed by atoms with E-state index in [0.717, 1.165) is 32.4 Å². The maximum Gasteiger partial charge on any atom is 0.320 e. The number of aliphatic hydroxyl groups excluding tert-OH is 3. The van der Waals surface area contributed by atoms with Crippen LogP contribution in [-0.2, 0) is 14.3 Å². The molecule has 1 unspecified atom stereocenters. The summed E-state index contributed by atoms with van der Waals surface area (Å²) in [6, 6.07) is -0.289. The van der Waals surface area contributed by atoms with Gasteiger partial charge in [0.1, 0.15) is 6.10 Å². The van der Waals surface area contributed by atoms with Gasteiger partial charge in [-0.3, -0.25) is 24.3 Å². The lowest BCUT2D eigenvalue weighted by Gasteiger charge is -2.34. The Morgan fingerprint density at radius 2 is 1.65 bits per heavy atom. The first kappa shape index (κ1) is 26.2. The van der Waals surface area contributed by atoms with Crippen LogP contribution in [0.5, 0.6) is 0 Å². The van der Waals surface area contributed by atoms with Crippen LogP contribution in [0.4, 0.5) is 0 Å². The molecule has 0 spiro atoms. The van der Waals surface area contributed by atoms with E-state index in [-0.39, 0.29) is 56.4 Å². The van der Waals surface area contributed by atoms with Crippen LogP contribution in [0, 0.1) is 11.8 Å². The maximum absolute atomic E-state index is 12.4. The van der Waals surface area contributed by atoms with E-state index in [2.05, 4.69) is 4.90 Å². The number of esters is 1. The zero-order valence-electron chi connectivity index (χ0n) is 19.1. The van der Waals surface area contributed by atoms with Crippen molar-refractivity contribution in [1.29, 1.82) is 0 Å². The van der Waals surface area contributed by atoms with Gasteiger partial charge in [-0.05, 0) is 71.1 Å². The molecule has 0 saturated carbocycles. The summed E-state index contributed by atoms with van der Waals surface area (Å²) in [6.45, 7) is 3.43. The molecule has 2 heterocycles. The van der Waals surface area contributed by atoms with Crippen LogP contribution in [0.2, 0.25) is 0 Å². The number of carbonyl (C=O) groups excluding carboxylic acids is 2. The van der Waals surface area contributed by atoms with Crippen molar-refractivity contribution in [2.24, 2.45) is 11.8 Å². The number of likely N-dealkylation sites (N-methyl/N-ethyl adjacent to an activating group) is 2. The highest BCUT2D eigenvalue weighted by Crippen LogP contribution is 2.20. The van der Waals surface area contributed by atoms with Gasteiger partial charge in [0.05, 0.1) is 26.3 Å². The van der Waals surface area contributed by atoms with Gasteiger partial charge >= 0.3 is 5.97 Å². The number of ether oxygens (including phenoxy) is 1. The second kappa shape index (κ2) is 13.4. The first-order valence-corrected chi connectivity index (χ1v) is 11.5. The molecule has 0 amide bonds. The van der Waals surface area contributed by atoms with Crippen molar-refractivity contribution in [3.05, 3.63) is 0 Å². The maximum atomic E-state index is 12.4. The quantitative estimate of drug-likeness (QED) is 0.472. The minimum Gasteiger partial charge on any atom is -0.465 e. The van der Waals surface area contributed by atoms with Gasteiger partial charge in [-0.25, -0.2) is 0 Å². The zero-order chi connectivity index (χ0) is 22.8. The number of aliphatic hydroxyl groups is 3. The van der Waals surface area contributed by atoms with Crippen molar-refractivity contribution in [2.75, 3.05) is 73.2 Å². The van der Waals surface area contributed by atoms with Crippen molar-refractivity contribution in [1.82, 2.24) is 14.7 Å². The molecule has 0 aromatic carbocycles. The second-order valence-electron chi connectivity index (χ2n) is 9.20. The molecule has 2 saturated heterocycles. The molecule has 3 N–H and O–H groups in total. The van der Waals surface area contributed by atoms with Crippen molar-refractivity contribution in [2.45, 2.75) is 44.2 Å². The summed E-state index contributed by atoms with van der Waals surface area (Å²) < 4.78 is 5.40. The lowest BCUT2D eigenvalue weighted by Crippen LogP contribution is -2.46. The normalized spacial score (nSPS) is 34.4. The fraction of sp³-hybridized carbons (Fsp3) is 0.909. The highest BCUT2D eigenvalue weighted by atomic mass is 16.5. The van der Waals surface area contributed by atoms with Gasteiger partial charge in [-0.2, -0.15) is 0 Å². The molecular weight excluding hydrogens is 402 g/mol. The average Bonchev–Trinajstić information content (AvgIpc) is 2.82. The SMILES string of the molecule is CN1CC[C@H]2CCOC(=O)CN(CC2)CCN(C)[C@@H](CO)[C@H](CO)CC[C@H](O)C(=O)C1. The van der Waals surface area contributed by atoms with Crippen LogP contribution in [-0.4, -0.2) is 127 Å². The molecule has 5 atom stereocenters. The fourth-order valence-electron chi connectivity index (χ4n) is 4.54. The Morgan fingerprint density at radius 1 is 0.903 bits per heavy atom. The number of fused-ring (bicyclic) bond motifs is 3. The fourth-order valence-corrected chi connectivity index (χ4v) is 4.54. The molecule has 2 rings (SSSR count). The minimum atomic E-state index is -1.06. The summed E-state index contributed by atoms with van der Waals surface area (Å²) in [4.78, 5) is 30.6. The highest BCUT2D eigenvalue weighted by Gasteiger charge is 2.28. The summed E-state index contributed by atoms with van der Waals surface area (Å²) in [7, 11) is 3.78. The molecule has 9 heteroatoms.